The summed E-state index contributed by atoms with van der Waals surface area (Å²) in [6.45, 7) is 2.14. The van der Waals surface area contributed by atoms with Crippen LogP contribution in [0.25, 0.3) is 0 Å². The molecule has 0 bridgehead atoms. The molecule has 3 atom stereocenters. The van der Waals surface area contributed by atoms with Gasteiger partial charge in [0.15, 0.2) is 6.10 Å². The van der Waals surface area contributed by atoms with Crippen LogP contribution in [0.1, 0.15) is 142 Å². The zero-order valence-corrected chi connectivity index (χ0v) is 33.6. The number of hydrogen-bond acceptors (Lipinski definition) is 9. The third-order valence-electron chi connectivity index (χ3n) is 7.84. The Balaban J connectivity index is 4.49. The van der Waals surface area contributed by atoms with E-state index in [1.807, 2.05) is 0 Å². The van der Waals surface area contributed by atoms with Crippen LogP contribution in [-0.2, 0) is 32.7 Å². The standard InChI is InChI=1S/C42H71O10P/c1-3-5-7-9-11-13-15-17-19-21-23-25-27-29-31-33-41(45)49-37-40(38-51-53(47,48)50-36-39(44)35-43)52-42(46)34-32-30-28-26-24-22-20-18-16-14-12-10-8-6-4-2/h5,7,11,13,17-20,23-26,39-40,43-44H,3-4,6,8-10,12,14-16,21-22,27-38H2,1-2H3,(H,47,48)/b7-5+,13-11+,19-17+,20-18+,25-23+,26-24+/t39-,40+/m0/s1. The largest absolute Gasteiger partial charge is 0.472 e. The molecule has 0 radical (unpaired) electrons. The molecular formula is C42H71O10P. The van der Waals surface area contributed by atoms with Crippen LogP contribution in [0.2, 0.25) is 0 Å². The first-order valence-electron chi connectivity index (χ1n) is 19.9. The Bertz CT molecular complexity index is 1110. The third-order valence-corrected chi connectivity index (χ3v) is 8.80. The van der Waals surface area contributed by atoms with Crippen LogP contribution >= 0.6 is 7.82 Å². The van der Waals surface area contributed by atoms with Crippen molar-refractivity contribution in [3.8, 4) is 0 Å². The highest BCUT2D eigenvalue weighted by Crippen LogP contribution is 2.43. The van der Waals surface area contributed by atoms with Gasteiger partial charge in [-0.1, -0.05) is 119 Å². The second kappa shape index (κ2) is 37.7. The summed E-state index contributed by atoms with van der Waals surface area (Å²) in [7, 11) is -4.64. The van der Waals surface area contributed by atoms with Crippen molar-refractivity contribution in [2.75, 3.05) is 26.4 Å². The first-order valence-corrected chi connectivity index (χ1v) is 21.4. The van der Waals surface area contributed by atoms with E-state index in [1.165, 1.54) is 38.5 Å². The topological polar surface area (TPSA) is 149 Å². The molecule has 3 N–H and O–H groups in total. The molecule has 0 aromatic carbocycles. The van der Waals surface area contributed by atoms with E-state index in [0.29, 0.717) is 12.8 Å². The number of esters is 2. The molecule has 0 saturated heterocycles. The van der Waals surface area contributed by atoms with E-state index in [4.69, 9.17) is 19.1 Å². The summed E-state index contributed by atoms with van der Waals surface area (Å²) in [4.78, 5) is 34.9. The summed E-state index contributed by atoms with van der Waals surface area (Å²) in [5.41, 5.74) is 0. The maximum absolute atomic E-state index is 12.6. The predicted molar refractivity (Wildman–Crippen MR) is 214 cm³/mol. The van der Waals surface area contributed by atoms with E-state index in [1.54, 1.807) is 0 Å². The lowest BCUT2D eigenvalue weighted by Crippen LogP contribution is -2.29. The summed E-state index contributed by atoms with van der Waals surface area (Å²) < 4.78 is 32.5. The number of hydrogen-bond donors (Lipinski definition) is 3. The molecule has 1 unspecified atom stereocenters. The highest BCUT2D eigenvalue weighted by atomic mass is 31.2. The molecule has 53 heavy (non-hydrogen) atoms. The van der Waals surface area contributed by atoms with E-state index in [-0.39, 0.29) is 19.4 Å². The molecule has 304 valence electrons. The lowest BCUT2D eigenvalue weighted by atomic mass is 10.1. The first kappa shape index (κ1) is 50.4. The average molecular weight is 767 g/mol. The van der Waals surface area contributed by atoms with Gasteiger partial charge in [0.2, 0.25) is 0 Å². The van der Waals surface area contributed by atoms with E-state index < -0.39 is 51.8 Å². The number of phosphoric acid groups is 1. The Labute approximate surface area is 320 Å². The van der Waals surface area contributed by atoms with Crippen molar-refractivity contribution >= 4 is 19.8 Å². The van der Waals surface area contributed by atoms with Crippen molar-refractivity contribution < 1.29 is 47.8 Å². The van der Waals surface area contributed by atoms with Crippen molar-refractivity contribution in [1.82, 2.24) is 0 Å². The molecule has 0 spiro atoms. The summed E-state index contributed by atoms with van der Waals surface area (Å²) in [6.07, 6.45) is 41.6. The number of rotatable bonds is 36. The number of aliphatic hydroxyl groups is 2. The second-order valence-electron chi connectivity index (χ2n) is 12.9. The number of carbonyl (C=O) groups is 2. The quantitative estimate of drug-likeness (QED) is 0.0243. The zero-order chi connectivity index (χ0) is 39.1. The minimum atomic E-state index is -4.64. The van der Waals surface area contributed by atoms with Gasteiger partial charge in [0.25, 0.3) is 0 Å². The SMILES string of the molecule is CC/C=C/C/C=C/C/C=C/C/C=C/CCCCC(=O)OC[C@H](COP(=O)(O)OC[C@@H](O)CO)OC(=O)CCCC/C=C/C/C=C/CCCCCCCC. The first-order chi connectivity index (χ1) is 25.7. The fourth-order valence-electron chi connectivity index (χ4n) is 4.78. The number of ether oxygens (including phenoxy) is 2. The van der Waals surface area contributed by atoms with Crippen molar-refractivity contribution in [3.05, 3.63) is 72.9 Å². The molecule has 0 heterocycles. The smallest absolute Gasteiger partial charge is 0.462 e. The monoisotopic (exact) mass is 766 g/mol. The highest BCUT2D eigenvalue weighted by molar-refractivity contribution is 7.47. The van der Waals surface area contributed by atoms with Crippen LogP contribution < -0.4 is 0 Å². The lowest BCUT2D eigenvalue weighted by molar-refractivity contribution is -0.161. The normalized spacial score (nSPS) is 14.7. The van der Waals surface area contributed by atoms with Gasteiger partial charge in [-0.2, -0.15) is 0 Å². The van der Waals surface area contributed by atoms with Gasteiger partial charge in [0.1, 0.15) is 12.7 Å². The van der Waals surface area contributed by atoms with Gasteiger partial charge in [-0.3, -0.25) is 18.6 Å². The van der Waals surface area contributed by atoms with Crippen molar-refractivity contribution in [1.29, 1.82) is 0 Å². The molecule has 0 aromatic rings. The van der Waals surface area contributed by atoms with E-state index in [0.717, 1.165) is 64.2 Å². The Morgan fingerprint density at radius 2 is 1.04 bits per heavy atom. The number of unbranched alkanes of at least 4 members (excludes halogenated alkanes) is 10. The number of carbonyl (C=O) groups excluding carboxylic acids is 2. The molecule has 0 aromatic heterocycles. The van der Waals surface area contributed by atoms with Gasteiger partial charge >= 0.3 is 19.8 Å². The zero-order valence-electron chi connectivity index (χ0n) is 32.7. The minimum absolute atomic E-state index is 0.129. The van der Waals surface area contributed by atoms with Gasteiger partial charge in [0.05, 0.1) is 19.8 Å². The molecule has 0 aliphatic carbocycles. The Morgan fingerprint density at radius 1 is 0.585 bits per heavy atom. The molecule has 0 rings (SSSR count). The molecule has 0 saturated carbocycles. The van der Waals surface area contributed by atoms with Crippen molar-refractivity contribution in [2.45, 2.75) is 154 Å². The van der Waals surface area contributed by atoms with Gasteiger partial charge in [0, 0.05) is 12.8 Å². The van der Waals surface area contributed by atoms with Gasteiger partial charge in [-0.05, 0) is 83.5 Å². The molecule has 0 aliphatic heterocycles. The van der Waals surface area contributed by atoms with Crippen LogP contribution in [0.5, 0.6) is 0 Å². The van der Waals surface area contributed by atoms with Gasteiger partial charge in [-0.15, -0.1) is 0 Å². The fourth-order valence-corrected chi connectivity index (χ4v) is 5.57. The summed E-state index contributed by atoms with van der Waals surface area (Å²) >= 11 is 0. The average Bonchev–Trinajstić information content (AvgIpc) is 3.14. The van der Waals surface area contributed by atoms with Gasteiger partial charge < -0.3 is 24.6 Å². The molecule has 11 heteroatoms. The maximum atomic E-state index is 12.6. The van der Waals surface area contributed by atoms with Crippen molar-refractivity contribution in [2.24, 2.45) is 0 Å². The van der Waals surface area contributed by atoms with Gasteiger partial charge in [-0.25, -0.2) is 4.57 Å². The minimum Gasteiger partial charge on any atom is -0.462 e. The lowest BCUT2D eigenvalue weighted by Gasteiger charge is -2.20. The van der Waals surface area contributed by atoms with Crippen LogP contribution in [0.3, 0.4) is 0 Å². The summed E-state index contributed by atoms with van der Waals surface area (Å²) in [5, 5.41) is 18.3. The van der Waals surface area contributed by atoms with Crippen LogP contribution in [0, 0.1) is 0 Å². The van der Waals surface area contributed by atoms with Crippen molar-refractivity contribution in [3.63, 3.8) is 0 Å². The molecule has 0 aliphatic rings. The Morgan fingerprint density at radius 3 is 1.57 bits per heavy atom. The number of aliphatic hydroxyl groups excluding tert-OH is 2. The summed E-state index contributed by atoms with van der Waals surface area (Å²) in [5.74, 6) is -1.02. The Hall–Kier alpha value is -2.59. The predicted octanol–water partition coefficient (Wildman–Crippen LogP) is 10.1. The molecular weight excluding hydrogens is 695 g/mol. The van der Waals surface area contributed by atoms with E-state index in [2.05, 4.69) is 91.3 Å². The molecule has 10 nitrogen and oxygen atoms in total. The molecule has 0 fully saturated rings. The van der Waals surface area contributed by atoms with Crippen LogP contribution in [0.4, 0.5) is 0 Å². The third kappa shape index (κ3) is 37.5. The highest BCUT2D eigenvalue weighted by Gasteiger charge is 2.27. The number of phosphoric ester groups is 1. The van der Waals surface area contributed by atoms with E-state index in [9.17, 15) is 24.2 Å². The van der Waals surface area contributed by atoms with Crippen LogP contribution in [0.15, 0.2) is 72.9 Å². The maximum Gasteiger partial charge on any atom is 0.472 e. The van der Waals surface area contributed by atoms with Crippen LogP contribution in [-0.4, -0.2) is 65.7 Å². The second-order valence-corrected chi connectivity index (χ2v) is 14.4. The Kier molecular flexibility index (Phi) is 35.9. The molecule has 0 amide bonds. The summed E-state index contributed by atoms with van der Waals surface area (Å²) in [6, 6.07) is 0. The van der Waals surface area contributed by atoms with E-state index >= 15 is 0 Å². The number of allylic oxidation sites excluding steroid dienone is 12. The fraction of sp³-hybridized carbons (Fsp3) is 0.667.